The van der Waals surface area contributed by atoms with Crippen LogP contribution < -0.4 is 5.32 Å². The highest BCUT2D eigenvalue weighted by Crippen LogP contribution is 2.44. The molecule has 4 aromatic rings. The Morgan fingerprint density at radius 2 is 1.50 bits per heavy atom. The third-order valence-corrected chi connectivity index (χ3v) is 6.87. The van der Waals surface area contributed by atoms with E-state index in [4.69, 9.17) is 4.74 Å². The maximum Gasteiger partial charge on any atom is 0.407 e. The summed E-state index contributed by atoms with van der Waals surface area (Å²) in [6.07, 6.45) is 1.90. The first-order chi connectivity index (χ1) is 18.0. The number of rotatable bonds is 8. The molecule has 7 heteroatoms. The van der Waals surface area contributed by atoms with Gasteiger partial charge in [0.15, 0.2) is 0 Å². The molecule has 6 nitrogen and oxygen atoms in total. The number of nitrogens with zero attached hydrogens (tertiary/aromatic N) is 1. The zero-order chi connectivity index (χ0) is 25.8. The number of pyridine rings is 1. The molecule has 1 unspecified atom stereocenters. The van der Waals surface area contributed by atoms with Gasteiger partial charge in [0.2, 0.25) is 0 Å². The Hall–Kier alpha value is -4.16. The minimum Gasteiger partial charge on any atom is -0.480 e. The van der Waals surface area contributed by atoms with Gasteiger partial charge in [-0.3, -0.25) is 4.98 Å². The lowest BCUT2D eigenvalue weighted by Crippen LogP contribution is -2.42. The number of alkyl carbamates (subject to hydrolysis) is 1. The van der Waals surface area contributed by atoms with Gasteiger partial charge in [-0.2, -0.15) is 0 Å². The number of carboxylic acid groups (broad SMARTS) is 1. The summed E-state index contributed by atoms with van der Waals surface area (Å²) in [4.78, 5) is 29.1. The zero-order valence-corrected chi connectivity index (χ0v) is 21.8. The highest BCUT2D eigenvalue weighted by atomic mass is 35.5. The van der Waals surface area contributed by atoms with Crippen molar-refractivity contribution < 1.29 is 19.4 Å². The number of benzene rings is 3. The predicted molar refractivity (Wildman–Crippen MR) is 150 cm³/mol. The molecular weight excluding hydrogens is 500 g/mol. The van der Waals surface area contributed by atoms with Crippen LogP contribution in [0.15, 0.2) is 91.1 Å². The molecule has 1 aromatic heterocycles. The summed E-state index contributed by atoms with van der Waals surface area (Å²) < 4.78 is 5.53. The van der Waals surface area contributed by atoms with Crippen molar-refractivity contribution in [1.29, 1.82) is 0 Å². The molecule has 0 saturated carbocycles. The summed E-state index contributed by atoms with van der Waals surface area (Å²) in [6.45, 7) is 2.22. The number of ether oxygens (including phenoxy) is 1. The van der Waals surface area contributed by atoms with E-state index in [1.165, 1.54) is 5.56 Å². The van der Waals surface area contributed by atoms with Crippen LogP contribution >= 0.6 is 12.4 Å². The average molecular weight is 529 g/mol. The van der Waals surface area contributed by atoms with Gasteiger partial charge in [-0.05, 0) is 45.9 Å². The van der Waals surface area contributed by atoms with E-state index in [1.54, 1.807) is 6.20 Å². The second-order valence-corrected chi connectivity index (χ2v) is 9.13. The third-order valence-electron chi connectivity index (χ3n) is 6.87. The molecular formula is C31H29ClN2O4. The van der Waals surface area contributed by atoms with Gasteiger partial charge in [-0.25, -0.2) is 9.59 Å². The number of hydrogen-bond acceptors (Lipinski definition) is 4. The lowest BCUT2D eigenvalue weighted by Gasteiger charge is -2.17. The van der Waals surface area contributed by atoms with Crippen LogP contribution in [-0.2, 0) is 22.4 Å². The highest BCUT2D eigenvalue weighted by molar-refractivity contribution is 5.85. The molecule has 1 aliphatic rings. The second-order valence-electron chi connectivity index (χ2n) is 9.13. The molecule has 1 aliphatic carbocycles. The Kier molecular flexibility index (Phi) is 8.44. The van der Waals surface area contributed by atoms with Crippen molar-refractivity contribution in [2.75, 3.05) is 6.61 Å². The van der Waals surface area contributed by atoms with Crippen molar-refractivity contribution in [1.82, 2.24) is 10.3 Å². The lowest BCUT2D eigenvalue weighted by atomic mass is 9.98. The van der Waals surface area contributed by atoms with E-state index in [-0.39, 0.29) is 31.4 Å². The van der Waals surface area contributed by atoms with Crippen molar-refractivity contribution in [3.05, 3.63) is 113 Å². The number of aryl methyl sites for hydroxylation is 1. The summed E-state index contributed by atoms with van der Waals surface area (Å²) in [6, 6.07) is 26.8. The summed E-state index contributed by atoms with van der Waals surface area (Å²) in [5.41, 5.74) is 8.26. The van der Waals surface area contributed by atoms with Crippen LogP contribution in [0.5, 0.6) is 0 Å². The van der Waals surface area contributed by atoms with Crippen LogP contribution in [0.3, 0.4) is 0 Å². The summed E-state index contributed by atoms with van der Waals surface area (Å²) in [5.74, 6) is -1.22. The maximum atomic E-state index is 12.6. The SMILES string of the molecule is CCc1ccccc1-c1ccc(CC(NC(=O)OCC2c3ccccc3-c3ccccc32)C(=O)O)cn1.Cl. The van der Waals surface area contributed by atoms with Crippen LogP contribution in [-0.4, -0.2) is 34.8 Å². The second kappa shape index (κ2) is 11.9. The van der Waals surface area contributed by atoms with Crippen molar-refractivity contribution in [2.24, 2.45) is 0 Å². The first kappa shape index (κ1) is 26.9. The third kappa shape index (κ3) is 5.55. The van der Waals surface area contributed by atoms with Gasteiger partial charge in [-0.1, -0.05) is 85.8 Å². The normalized spacial score (nSPS) is 12.6. The lowest BCUT2D eigenvalue weighted by molar-refractivity contribution is -0.139. The molecule has 0 saturated heterocycles. The monoisotopic (exact) mass is 528 g/mol. The van der Waals surface area contributed by atoms with E-state index in [0.717, 1.165) is 39.9 Å². The Labute approximate surface area is 228 Å². The predicted octanol–water partition coefficient (Wildman–Crippen LogP) is 6.27. The molecule has 5 rings (SSSR count). The van der Waals surface area contributed by atoms with Gasteiger partial charge in [0.1, 0.15) is 12.6 Å². The number of fused-ring (bicyclic) bond motifs is 3. The molecule has 0 aliphatic heterocycles. The van der Waals surface area contributed by atoms with Crippen LogP contribution in [0.25, 0.3) is 22.4 Å². The number of aliphatic carboxylic acids is 1. The molecule has 1 atom stereocenters. The molecule has 194 valence electrons. The van der Waals surface area contributed by atoms with Gasteiger partial charge in [0, 0.05) is 24.1 Å². The number of hydrogen-bond donors (Lipinski definition) is 2. The molecule has 38 heavy (non-hydrogen) atoms. The van der Waals surface area contributed by atoms with E-state index >= 15 is 0 Å². The van der Waals surface area contributed by atoms with Crippen molar-refractivity contribution in [3.63, 3.8) is 0 Å². The number of carboxylic acids is 1. The maximum absolute atomic E-state index is 12.6. The molecule has 0 radical (unpaired) electrons. The minimum absolute atomic E-state index is 0. The van der Waals surface area contributed by atoms with E-state index in [0.29, 0.717) is 5.56 Å². The molecule has 0 fully saturated rings. The van der Waals surface area contributed by atoms with E-state index in [2.05, 4.69) is 35.4 Å². The van der Waals surface area contributed by atoms with E-state index < -0.39 is 18.1 Å². The zero-order valence-electron chi connectivity index (χ0n) is 21.0. The summed E-state index contributed by atoms with van der Waals surface area (Å²) in [5, 5.41) is 12.2. The molecule has 3 aromatic carbocycles. The number of carbonyl (C=O) groups is 2. The number of carbonyl (C=O) groups excluding carboxylic acids is 1. The Morgan fingerprint density at radius 1 is 0.895 bits per heavy atom. The first-order valence-electron chi connectivity index (χ1n) is 12.4. The summed E-state index contributed by atoms with van der Waals surface area (Å²) >= 11 is 0. The van der Waals surface area contributed by atoms with E-state index in [1.807, 2.05) is 66.7 Å². The quantitative estimate of drug-likeness (QED) is 0.281. The van der Waals surface area contributed by atoms with Gasteiger partial charge in [-0.15, -0.1) is 12.4 Å². The fraction of sp³-hybridized carbons (Fsp3) is 0.194. The number of amides is 1. The summed E-state index contributed by atoms with van der Waals surface area (Å²) in [7, 11) is 0. The Balaban J connectivity index is 0.00000336. The number of aromatic nitrogens is 1. The molecule has 1 amide bonds. The van der Waals surface area contributed by atoms with Gasteiger partial charge >= 0.3 is 12.1 Å². The molecule has 1 heterocycles. The molecule has 0 bridgehead atoms. The average Bonchev–Trinajstić information content (AvgIpc) is 3.25. The minimum atomic E-state index is -1.13. The van der Waals surface area contributed by atoms with E-state index in [9.17, 15) is 14.7 Å². The van der Waals surface area contributed by atoms with Gasteiger partial charge in [0.25, 0.3) is 0 Å². The largest absolute Gasteiger partial charge is 0.480 e. The topological polar surface area (TPSA) is 88.5 Å². The van der Waals surface area contributed by atoms with Crippen molar-refractivity contribution >= 4 is 24.5 Å². The van der Waals surface area contributed by atoms with Crippen LogP contribution in [0.2, 0.25) is 0 Å². The van der Waals surface area contributed by atoms with Crippen LogP contribution in [0.1, 0.15) is 35.1 Å². The standard InChI is InChI=1S/C31H28N2O4.ClH/c1-2-21-9-3-4-10-22(21)28-16-15-20(18-32-28)17-29(30(34)35)33-31(36)37-19-27-25-13-7-5-11-23(25)24-12-6-8-14-26(24)27;/h3-16,18,27,29H,2,17,19H2,1H3,(H,33,36)(H,34,35);1H. The smallest absolute Gasteiger partial charge is 0.407 e. The number of nitrogens with one attached hydrogen (secondary N) is 1. The van der Waals surface area contributed by atoms with Gasteiger partial charge in [0.05, 0.1) is 5.69 Å². The Morgan fingerprint density at radius 3 is 2.08 bits per heavy atom. The highest BCUT2D eigenvalue weighted by Gasteiger charge is 2.29. The fourth-order valence-electron chi connectivity index (χ4n) is 5.00. The van der Waals surface area contributed by atoms with Crippen molar-refractivity contribution in [2.45, 2.75) is 31.7 Å². The molecule has 2 N–H and O–H groups in total. The first-order valence-corrected chi connectivity index (χ1v) is 12.4. The van der Waals surface area contributed by atoms with Crippen LogP contribution in [0.4, 0.5) is 4.79 Å². The van der Waals surface area contributed by atoms with Crippen molar-refractivity contribution in [3.8, 4) is 22.4 Å². The Bertz CT molecular complexity index is 1390. The van der Waals surface area contributed by atoms with Crippen LogP contribution in [0, 0.1) is 0 Å². The molecule has 0 spiro atoms. The van der Waals surface area contributed by atoms with Gasteiger partial charge < -0.3 is 15.2 Å². The number of halogens is 1. The fourth-order valence-corrected chi connectivity index (χ4v) is 5.00.